The average molecular weight is 471 g/mol. The molecule has 2 aromatic carbocycles. The number of nitriles is 2. The van der Waals surface area contributed by atoms with Crippen LogP contribution in [0, 0.1) is 48.8 Å². The Labute approximate surface area is 205 Å². The molecule has 0 spiro atoms. The predicted molar refractivity (Wildman–Crippen MR) is 141 cm³/mol. The number of nitrogens with two attached hydrogens (primary N) is 1. The summed E-state index contributed by atoms with van der Waals surface area (Å²) in [5.41, 5.74) is 8.42. The summed E-state index contributed by atoms with van der Waals surface area (Å²) in [7, 11) is 0. The Kier molecular flexibility index (Phi) is 20.5. The number of phenols is 2. The lowest BCUT2D eigenvalue weighted by Gasteiger charge is -2.17. The molecule has 0 aromatic heterocycles. The topological polar surface area (TPSA) is 143 Å². The van der Waals surface area contributed by atoms with Crippen molar-refractivity contribution in [2.24, 2.45) is 11.8 Å². The van der Waals surface area contributed by atoms with Gasteiger partial charge in [0.25, 0.3) is 0 Å². The van der Waals surface area contributed by atoms with Crippen molar-refractivity contribution < 1.29 is 15.0 Å². The summed E-state index contributed by atoms with van der Waals surface area (Å²) in [6.07, 6.45) is 2.41. The van der Waals surface area contributed by atoms with Gasteiger partial charge in [-0.05, 0) is 55.4 Å². The molecule has 34 heavy (non-hydrogen) atoms. The molecule has 2 aromatic rings. The van der Waals surface area contributed by atoms with Crippen LogP contribution in [0.3, 0.4) is 0 Å². The van der Waals surface area contributed by atoms with Crippen LogP contribution in [-0.4, -0.2) is 22.5 Å². The maximum atomic E-state index is 9.70. The molecule has 0 saturated carbocycles. The fourth-order valence-electron chi connectivity index (χ4n) is 2.49. The largest absolute Gasteiger partial charge is 0.506 e. The van der Waals surface area contributed by atoms with Gasteiger partial charge in [-0.15, -0.1) is 0 Å². The maximum absolute atomic E-state index is 9.70. The number of phenolic OH excluding ortho intramolecular Hbond substituents is 2. The van der Waals surface area contributed by atoms with E-state index in [9.17, 15) is 9.90 Å². The molecule has 0 aliphatic heterocycles. The van der Waals surface area contributed by atoms with E-state index in [2.05, 4.69) is 31.8 Å². The number of hydrogen-bond donors (Lipinski definition) is 4. The molecule has 2 rings (SSSR count). The van der Waals surface area contributed by atoms with E-state index in [0.29, 0.717) is 29.6 Å². The van der Waals surface area contributed by atoms with Crippen molar-refractivity contribution in [1.82, 2.24) is 0 Å². The summed E-state index contributed by atoms with van der Waals surface area (Å²) in [6.45, 7) is 15.5. The third-order valence-electron chi connectivity index (χ3n) is 4.30. The van der Waals surface area contributed by atoms with Gasteiger partial charge in [-0.1, -0.05) is 59.4 Å². The molecule has 7 heteroatoms. The van der Waals surface area contributed by atoms with E-state index in [0.717, 1.165) is 23.8 Å². The zero-order chi connectivity index (χ0) is 26.0. The molecule has 1 unspecified atom stereocenters. The van der Waals surface area contributed by atoms with Crippen molar-refractivity contribution >= 4 is 17.7 Å². The van der Waals surface area contributed by atoms with E-state index in [-0.39, 0.29) is 25.0 Å². The molecule has 0 amide bonds. The number of nitrogen functional groups attached to an aromatic ring is 1. The van der Waals surface area contributed by atoms with Gasteiger partial charge in [0.1, 0.15) is 23.8 Å². The molecule has 0 aliphatic rings. The SMILES string of the molecule is C.C#N.CC(C)CC=O.Cc1cccc(O)c1N.Cc1cccc(O)c1NC(C#N)CC(C)C. The Morgan fingerprint density at radius 3 is 1.82 bits per heavy atom. The molecule has 7 nitrogen and oxygen atoms in total. The number of aryl methyl sites for hydroxylation is 2. The fraction of sp³-hybridized carbons (Fsp3) is 0.444. The zero-order valence-electron chi connectivity index (χ0n) is 20.5. The standard InChI is InChI=1S/C13H18N2O.C7H9NO.C5H10O.CHN.CH4/c1-9(2)7-11(8-14)15-13-10(3)5-4-6-12(13)16;1-5-3-2-4-6(9)7(5)8;1-5(2)3-4-6;1-2;/h4-6,9,11,15-16H,7H2,1-3H3;2-4,9H,8H2,1H3;4-5H,3H2,1-2H3;1H;1H4. The first kappa shape index (κ1) is 34.9. The molecule has 0 heterocycles. The number of carbonyl (C=O) groups excluding carboxylic acids is 1. The number of carbonyl (C=O) groups is 1. The highest BCUT2D eigenvalue weighted by molar-refractivity contribution is 5.62. The molecule has 0 fully saturated rings. The molecule has 5 N–H and O–H groups in total. The summed E-state index contributed by atoms with van der Waals surface area (Å²) in [4.78, 5) is 9.62. The molecule has 0 radical (unpaired) electrons. The van der Waals surface area contributed by atoms with Crippen LogP contribution in [0.1, 0.15) is 59.1 Å². The van der Waals surface area contributed by atoms with Crippen molar-refractivity contribution in [3.8, 4) is 24.1 Å². The number of aromatic hydroxyl groups is 2. The summed E-state index contributed by atoms with van der Waals surface area (Å²) >= 11 is 0. The second-order valence-electron chi connectivity index (χ2n) is 8.23. The van der Waals surface area contributed by atoms with Gasteiger partial charge in [0.2, 0.25) is 0 Å². The quantitative estimate of drug-likeness (QED) is 0.219. The Hall–Kier alpha value is -3.71. The smallest absolute Gasteiger partial charge is 0.138 e. The van der Waals surface area contributed by atoms with E-state index < -0.39 is 0 Å². The zero-order valence-corrected chi connectivity index (χ0v) is 20.5. The lowest BCUT2D eigenvalue weighted by molar-refractivity contribution is -0.108. The summed E-state index contributed by atoms with van der Waals surface area (Å²) in [5.74, 6) is 1.34. The molecule has 188 valence electrons. The monoisotopic (exact) mass is 470 g/mol. The Balaban J connectivity index is -0.000000452. The van der Waals surface area contributed by atoms with Gasteiger partial charge in [-0.25, -0.2) is 5.26 Å². The number of nitrogens with one attached hydrogen (secondary N) is 1. The molecule has 1 atom stereocenters. The van der Waals surface area contributed by atoms with Crippen LogP contribution < -0.4 is 11.1 Å². The Bertz CT molecular complexity index is 847. The summed E-state index contributed by atoms with van der Waals surface area (Å²) in [6, 6.07) is 12.5. The number of hydrogen-bond acceptors (Lipinski definition) is 7. The average Bonchev–Trinajstić information content (AvgIpc) is 2.76. The van der Waals surface area contributed by atoms with E-state index in [1.807, 2.05) is 39.8 Å². The molecule has 0 saturated heterocycles. The van der Waals surface area contributed by atoms with Gasteiger partial charge >= 0.3 is 0 Å². The first-order valence-electron chi connectivity index (χ1n) is 10.7. The second-order valence-corrected chi connectivity index (χ2v) is 8.23. The first-order chi connectivity index (χ1) is 15.5. The van der Waals surface area contributed by atoms with Gasteiger partial charge in [-0.2, -0.15) is 5.26 Å². The molecule has 0 aliphatic carbocycles. The summed E-state index contributed by atoms with van der Waals surface area (Å²) < 4.78 is 0. The van der Waals surface area contributed by atoms with Gasteiger partial charge < -0.3 is 26.1 Å². The highest BCUT2D eigenvalue weighted by atomic mass is 16.3. The third-order valence-corrected chi connectivity index (χ3v) is 4.30. The highest BCUT2D eigenvalue weighted by Crippen LogP contribution is 2.27. The van der Waals surface area contributed by atoms with Crippen molar-refractivity contribution in [2.75, 3.05) is 11.1 Å². The van der Waals surface area contributed by atoms with E-state index in [1.165, 1.54) is 0 Å². The Morgan fingerprint density at radius 2 is 1.50 bits per heavy atom. The van der Waals surface area contributed by atoms with Crippen LogP contribution in [-0.2, 0) is 4.79 Å². The molecular weight excluding hydrogens is 428 g/mol. The lowest BCUT2D eigenvalue weighted by atomic mass is 10.0. The van der Waals surface area contributed by atoms with E-state index in [4.69, 9.17) is 21.4 Å². The second kappa shape index (κ2) is 19.9. The normalized spacial score (nSPS) is 9.91. The van der Waals surface area contributed by atoms with Crippen molar-refractivity contribution in [3.63, 3.8) is 0 Å². The van der Waals surface area contributed by atoms with Crippen molar-refractivity contribution in [3.05, 3.63) is 47.5 Å². The highest BCUT2D eigenvalue weighted by Gasteiger charge is 2.12. The minimum atomic E-state index is -0.257. The number of aldehydes is 1. The third kappa shape index (κ3) is 15.2. The number of nitrogens with zero attached hydrogens (tertiary/aromatic N) is 2. The van der Waals surface area contributed by atoms with Crippen molar-refractivity contribution in [2.45, 2.75) is 67.9 Å². The number of rotatable bonds is 6. The van der Waals surface area contributed by atoms with Crippen LogP contribution >= 0.6 is 0 Å². The number of benzene rings is 2. The van der Waals surface area contributed by atoms with Crippen LogP contribution in [0.4, 0.5) is 11.4 Å². The van der Waals surface area contributed by atoms with E-state index >= 15 is 0 Å². The van der Waals surface area contributed by atoms with Gasteiger partial charge in [0, 0.05) is 13.0 Å². The lowest BCUT2D eigenvalue weighted by Crippen LogP contribution is -2.20. The van der Waals surface area contributed by atoms with Gasteiger partial charge in [-0.3, -0.25) is 0 Å². The van der Waals surface area contributed by atoms with Crippen LogP contribution in [0.15, 0.2) is 36.4 Å². The molecule has 0 bridgehead atoms. The number of para-hydroxylation sites is 2. The van der Waals surface area contributed by atoms with E-state index in [1.54, 1.807) is 24.3 Å². The minimum Gasteiger partial charge on any atom is -0.506 e. The molecular formula is C27H42N4O3. The van der Waals surface area contributed by atoms with Gasteiger partial charge in [0.15, 0.2) is 0 Å². The fourth-order valence-corrected chi connectivity index (χ4v) is 2.49. The minimum absolute atomic E-state index is 0. The van der Waals surface area contributed by atoms with Crippen LogP contribution in [0.25, 0.3) is 0 Å². The van der Waals surface area contributed by atoms with Crippen LogP contribution in [0.5, 0.6) is 11.5 Å². The van der Waals surface area contributed by atoms with Crippen LogP contribution in [0.2, 0.25) is 0 Å². The van der Waals surface area contributed by atoms with Gasteiger partial charge in [0.05, 0.1) is 17.4 Å². The predicted octanol–water partition coefficient (Wildman–Crippen LogP) is 6.34. The number of anilines is 2. The summed E-state index contributed by atoms with van der Waals surface area (Å²) in [5, 5.41) is 37.3. The van der Waals surface area contributed by atoms with Crippen molar-refractivity contribution in [1.29, 1.82) is 10.5 Å². The first-order valence-corrected chi connectivity index (χ1v) is 10.7. The maximum Gasteiger partial charge on any atom is 0.138 e. The Morgan fingerprint density at radius 1 is 1.00 bits per heavy atom.